The van der Waals surface area contributed by atoms with Gasteiger partial charge in [0.25, 0.3) is 0 Å². The maximum atomic E-state index is 6.44. The monoisotopic (exact) mass is 370 g/mol. The Balaban J connectivity index is 1.91. The second kappa shape index (κ2) is 4.90. The van der Waals surface area contributed by atoms with Gasteiger partial charge in [-0.05, 0) is 47.6 Å². The predicted molar refractivity (Wildman–Crippen MR) is 84.6 cm³/mol. The molecule has 1 aromatic heterocycles. The number of rotatable bonds is 2. The summed E-state index contributed by atoms with van der Waals surface area (Å²) in [5, 5.41) is 3.23. The Morgan fingerprint density at radius 2 is 1.83 bits per heavy atom. The Labute approximate surface area is 125 Å². The first-order chi connectivity index (χ1) is 8.67. The van der Waals surface area contributed by atoms with Gasteiger partial charge in [0.15, 0.2) is 0 Å². The van der Waals surface area contributed by atoms with Crippen LogP contribution in [0.1, 0.15) is 30.7 Å². The summed E-state index contributed by atoms with van der Waals surface area (Å²) < 4.78 is 1.25. The van der Waals surface area contributed by atoms with E-state index in [0.717, 1.165) is 23.5 Å². The summed E-state index contributed by atoms with van der Waals surface area (Å²) in [5.74, 6) is 0. The fourth-order valence-corrected chi connectivity index (χ4v) is 3.84. The third-order valence-corrected chi connectivity index (χ3v) is 5.35. The quantitative estimate of drug-likeness (QED) is 0.807. The summed E-state index contributed by atoms with van der Waals surface area (Å²) in [7, 11) is 0. The molecule has 1 fully saturated rings. The van der Waals surface area contributed by atoms with E-state index in [1.165, 1.54) is 22.0 Å². The van der Waals surface area contributed by atoms with Crippen molar-refractivity contribution in [3.8, 4) is 11.3 Å². The molecular weight excluding hydrogens is 355 g/mol. The van der Waals surface area contributed by atoms with Gasteiger partial charge in [0.2, 0.25) is 0 Å². The smallest absolute Gasteiger partial charge is 0.113 e. The lowest BCUT2D eigenvalue weighted by molar-refractivity contribution is 0.459. The van der Waals surface area contributed by atoms with Gasteiger partial charge in [0, 0.05) is 14.5 Å². The largest absolute Gasteiger partial charge is 0.319 e. The second-order valence-electron chi connectivity index (χ2n) is 4.91. The molecule has 1 saturated carbocycles. The molecule has 1 aliphatic carbocycles. The van der Waals surface area contributed by atoms with Crippen LogP contribution in [0.15, 0.2) is 29.6 Å². The van der Waals surface area contributed by atoms with Crippen LogP contribution in [-0.4, -0.2) is 4.98 Å². The van der Waals surface area contributed by atoms with Crippen LogP contribution < -0.4 is 5.73 Å². The van der Waals surface area contributed by atoms with Gasteiger partial charge in [0.05, 0.1) is 11.2 Å². The maximum absolute atomic E-state index is 6.44. The lowest BCUT2D eigenvalue weighted by Gasteiger charge is -2.19. The Morgan fingerprint density at radius 3 is 2.50 bits per heavy atom. The Kier molecular flexibility index (Phi) is 3.42. The van der Waals surface area contributed by atoms with E-state index in [0.29, 0.717) is 0 Å². The third kappa shape index (κ3) is 2.33. The number of thiazole rings is 1. The van der Waals surface area contributed by atoms with Gasteiger partial charge in [-0.25, -0.2) is 4.98 Å². The lowest BCUT2D eigenvalue weighted by atomic mass is 10.0. The van der Waals surface area contributed by atoms with Gasteiger partial charge >= 0.3 is 0 Å². The minimum atomic E-state index is -0.161. The Bertz CT molecular complexity index is 541. The molecule has 2 aromatic rings. The van der Waals surface area contributed by atoms with Crippen LogP contribution in [0.3, 0.4) is 0 Å². The fraction of sp³-hybridized carbons (Fsp3) is 0.357. The first kappa shape index (κ1) is 12.6. The zero-order valence-electron chi connectivity index (χ0n) is 10.0. The second-order valence-corrected chi connectivity index (χ2v) is 7.01. The van der Waals surface area contributed by atoms with Crippen molar-refractivity contribution in [2.24, 2.45) is 5.73 Å². The molecule has 1 heterocycles. The van der Waals surface area contributed by atoms with E-state index in [1.54, 1.807) is 11.3 Å². The summed E-state index contributed by atoms with van der Waals surface area (Å²) >= 11 is 4.02. The average Bonchev–Trinajstić information content (AvgIpc) is 2.99. The van der Waals surface area contributed by atoms with Gasteiger partial charge in [-0.1, -0.05) is 25.0 Å². The summed E-state index contributed by atoms with van der Waals surface area (Å²) in [4.78, 5) is 4.75. The molecule has 0 saturated heterocycles. The van der Waals surface area contributed by atoms with Gasteiger partial charge in [-0.3, -0.25) is 0 Å². The van der Waals surface area contributed by atoms with E-state index in [2.05, 4.69) is 52.2 Å². The SMILES string of the molecule is NC1(c2nc(-c3ccc(I)cc3)cs2)CCCC1. The van der Waals surface area contributed by atoms with E-state index in [9.17, 15) is 0 Å². The summed E-state index contributed by atoms with van der Waals surface area (Å²) in [6.07, 6.45) is 4.61. The molecule has 1 aliphatic rings. The van der Waals surface area contributed by atoms with Crippen molar-refractivity contribution >= 4 is 33.9 Å². The molecule has 0 radical (unpaired) electrons. The van der Waals surface area contributed by atoms with Crippen molar-refractivity contribution in [1.82, 2.24) is 4.98 Å². The van der Waals surface area contributed by atoms with E-state index in [1.807, 2.05) is 0 Å². The highest BCUT2D eigenvalue weighted by molar-refractivity contribution is 14.1. The molecule has 0 spiro atoms. The molecule has 18 heavy (non-hydrogen) atoms. The van der Waals surface area contributed by atoms with Gasteiger partial charge in [0.1, 0.15) is 5.01 Å². The third-order valence-electron chi connectivity index (χ3n) is 3.57. The van der Waals surface area contributed by atoms with E-state index in [4.69, 9.17) is 10.7 Å². The highest BCUT2D eigenvalue weighted by atomic mass is 127. The summed E-state index contributed by atoms with van der Waals surface area (Å²) in [6.45, 7) is 0. The number of hydrogen-bond donors (Lipinski definition) is 1. The van der Waals surface area contributed by atoms with Crippen molar-refractivity contribution < 1.29 is 0 Å². The number of hydrogen-bond acceptors (Lipinski definition) is 3. The van der Waals surface area contributed by atoms with Gasteiger partial charge in [-0.15, -0.1) is 11.3 Å². The highest BCUT2D eigenvalue weighted by Crippen LogP contribution is 2.38. The molecule has 0 aliphatic heterocycles. The van der Waals surface area contributed by atoms with Crippen molar-refractivity contribution in [3.63, 3.8) is 0 Å². The molecule has 0 amide bonds. The topological polar surface area (TPSA) is 38.9 Å². The minimum absolute atomic E-state index is 0.161. The number of aromatic nitrogens is 1. The zero-order chi connectivity index (χ0) is 12.6. The molecule has 94 valence electrons. The normalized spacial score (nSPS) is 18.1. The van der Waals surface area contributed by atoms with Crippen LogP contribution in [0.25, 0.3) is 11.3 Å². The van der Waals surface area contributed by atoms with Crippen LogP contribution in [0.2, 0.25) is 0 Å². The summed E-state index contributed by atoms with van der Waals surface area (Å²) in [5.41, 5.74) is 8.52. The molecule has 0 atom stereocenters. The minimum Gasteiger partial charge on any atom is -0.319 e. The highest BCUT2D eigenvalue weighted by Gasteiger charge is 2.34. The van der Waals surface area contributed by atoms with Crippen molar-refractivity contribution in [2.75, 3.05) is 0 Å². The summed E-state index contributed by atoms with van der Waals surface area (Å²) in [6, 6.07) is 8.47. The molecule has 2 nitrogen and oxygen atoms in total. The maximum Gasteiger partial charge on any atom is 0.113 e. The van der Waals surface area contributed by atoms with Gasteiger partial charge in [-0.2, -0.15) is 0 Å². The standard InChI is InChI=1S/C14H15IN2S/c15-11-5-3-10(4-6-11)12-9-18-13(17-12)14(16)7-1-2-8-14/h3-6,9H,1-2,7-8,16H2. The molecule has 0 bridgehead atoms. The van der Waals surface area contributed by atoms with Crippen molar-refractivity contribution in [2.45, 2.75) is 31.2 Å². The first-order valence-corrected chi connectivity index (χ1v) is 8.14. The number of nitrogens with two attached hydrogens (primary N) is 1. The van der Waals surface area contributed by atoms with Gasteiger partial charge < -0.3 is 5.73 Å². The molecular formula is C14H15IN2S. The zero-order valence-corrected chi connectivity index (χ0v) is 13.0. The van der Waals surface area contributed by atoms with Crippen LogP contribution in [-0.2, 0) is 5.54 Å². The van der Waals surface area contributed by atoms with Crippen LogP contribution in [0, 0.1) is 3.57 Å². The van der Waals surface area contributed by atoms with E-state index in [-0.39, 0.29) is 5.54 Å². The molecule has 4 heteroatoms. The van der Waals surface area contributed by atoms with E-state index < -0.39 is 0 Å². The average molecular weight is 370 g/mol. The van der Waals surface area contributed by atoms with Crippen molar-refractivity contribution in [3.05, 3.63) is 38.2 Å². The van der Waals surface area contributed by atoms with Crippen LogP contribution in [0.4, 0.5) is 0 Å². The van der Waals surface area contributed by atoms with Crippen molar-refractivity contribution in [1.29, 1.82) is 0 Å². The molecule has 2 N–H and O–H groups in total. The fourth-order valence-electron chi connectivity index (χ4n) is 2.48. The molecule has 3 rings (SSSR count). The lowest BCUT2D eigenvalue weighted by Crippen LogP contribution is -2.32. The molecule has 0 unspecified atom stereocenters. The Hall–Kier alpha value is -0.460. The van der Waals surface area contributed by atoms with E-state index >= 15 is 0 Å². The predicted octanol–water partition coefficient (Wildman–Crippen LogP) is 4.14. The van der Waals surface area contributed by atoms with Crippen LogP contribution in [0.5, 0.6) is 0 Å². The van der Waals surface area contributed by atoms with Crippen LogP contribution >= 0.6 is 33.9 Å². The number of nitrogens with zero attached hydrogens (tertiary/aromatic N) is 1. The first-order valence-electron chi connectivity index (χ1n) is 6.18. The molecule has 1 aromatic carbocycles. The number of benzene rings is 1. The Morgan fingerprint density at radius 1 is 1.17 bits per heavy atom. The number of halogens is 1.